The summed E-state index contributed by atoms with van der Waals surface area (Å²) in [6, 6.07) is 11.2. The molecule has 5 nitrogen and oxygen atoms in total. The molecule has 2 N–H and O–H groups in total. The summed E-state index contributed by atoms with van der Waals surface area (Å²) >= 11 is 0. The summed E-state index contributed by atoms with van der Waals surface area (Å²) in [6.45, 7) is 3.10. The molecule has 108 valence electrons. The van der Waals surface area contributed by atoms with E-state index < -0.39 is 0 Å². The number of nitrogens with one attached hydrogen (secondary N) is 2. The average Bonchev–Trinajstić information content (AvgIpc) is 2.53. The van der Waals surface area contributed by atoms with E-state index in [1.165, 1.54) is 19.2 Å². The molecule has 0 bridgehead atoms. The van der Waals surface area contributed by atoms with Crippen LogP contribution in [-0.4, -0.2) is 16.5 Å². The van der Waals surface area contributed by atoms with E-state index in [1.807, 2.05) is 18.2 Å². The lowest BCUT2D eigenvalue weighted by molar-refractivity contribution is 0.742. The van der Waals surface area contributed by atoms with Gasteiger partial charge in [-0.15, -0.1) is 0 Å². The molecule has 5 heteroatoms. The van der Waals surface area contributed by atoms with E-state index in [-0.39, 0.29) is 0 Å². The maximum atomic E-state index is 8.78. The van der Waals surface area contributed by atoms with Crippen LogP contribution in [0.5, 0.6) is 0 Å². The summed E-state index contributed by atoms with van der Waals surface area (Å²) in [5.74, 6) is 1.55. The number of hydrogen-bond donors (Lipinski definition) is 2. The fourth-order valence-electron chi connectivity index (χ4n) is 1.89. The van der Waals surface area contributed by atoms with Crippen molar-refractivity contribution in [2.75, 3.05) is 17.2 Å². The lowest BCUT2D eigenvalue weighted by Gasteiger charge is -2.08. The molecular weight excluding hydrogens is 262 g/mol. The molecule has 0 saturated heterocycles. The van der Waals surface area contributed by atoms with E-state index in [0.717, 1.165) is 30.3 Å². The molecule has 1 aromatic carbocycles. The van der Waals surface area contributed by atoms with Crippen molar-refractivity contribution in [1.82, 2.24) is 9.97 Å². The standard InChI is InChI=1S/C16H19N5/c1-2-3-4-9-18-15-10-16(20-12-19-15)21-14-7-5-13(11-17)6-8-14/h5-8,10,12H,2-4,9H2,1H3,(H2,18,19,20,21). The van der Waals surface area contributed by atoms with E-state index in [9.17, 15) is 0 Å². The van der Waals surface area contributed by atoms with Gasteiger partial charge in [-0.25, -0.2) is 9.97 Å². The molecular formula is C16H19N5. The predicted octanol–water partition coefficient (Wildman–Crippen LogP) is 3.69. The lowest BCUT2D eigenvalue weighted by Crippen LogP contribution is -2.04. The second-order valence-electron chi connectivity index (χ2n) is 4.74. The van der Waals surface area contributed by atoms with Gasteiger partial charge in [0.05, 0.1) is 11.6 Å². The Morgan fingerprint density at radius 1 is 1.10 bits per heavy atom. The molecule has 0 unspecified atom stereocenters. The summed E-state index contributed by atoms with van der Waals surface area (Å²) in [6.07, 6.45) is 5.10. The Kier molecular flexibility index (Phi) is 5.53. The van der Waals surface area contributed by atoms with Gasteiger partial charge in [-0.2, -0.15) is 5.26 Å². The number of aromatic nitrogens is 2. The van der Waals surface area contributed by atoms with Crippen LogP contribution in [-0.2, 0) is 0 Å². The summed E-state index contributed by atoms with van der Waals surface area (Å²) < 4.78 is 0. The van der Waals surface area contributed by atoms with Crippen molar-refractivity contribution < 1.29 is 0 Å². The first-order valence-corrected chi connectivity index (χ1v) is 7.15. The van der Waals surface area contributed by atoms with Crippen molar-refractivity contribution in [3.05, 3.63) is 42.2 Å². The maximum absolute atomic E-state index is 8.78. The zero-order valence-electron chi connectivity index (χ0n) is 12.1. The molecule has 2 rings (SSSR count). The third-order valence-corrected chi connectivity index (χ3v) is 3.04. The van der Waals surface area contributed by atoms with Crippen molar-refractivity contribution in [1.29, 1.82) is 5.26 Å². The minimum absolute atomic E-state index is 0.640. The monoisotopic (exact) mass is 281 g/mol. The van der Waals surface area contributed by atoms with E-state index in [4.69, 9.17) is 5.26 Å². The predicted molar refractivity (Wildman–Crippen MR) is 84.5 cm³/mol. The number of benzene rings is 1. The summed E-state index contributed by atoms with van der Waals surface area (Å²) in [7, 11) is 0. The quantitative estimate of drug-likeness (QED) is 0.757. The van der Waals surface area contributed by atoms with E-state index >= 15 is 0 Å². The van der Waals surface area contributed by atoms with Crippen LogP contribution < -0.4 is 10.6 Å². The van der Waals surface area contributed by atoms with Crippen molar-refractivity contribution in [2.24, 2.45) is 0 Å². The van der Waals surface area contributed by atoms with E-state index in [2.05, 4.69) is 33.6 Å². The molecule has 0 amide bonds. The van der Waals surface area contributed by atoms with E-state index in [0.29, 0.717) is 5.56 Å². The highest BCUT2D eigenvalue weighted by Crippen LogP contribution is 2.16. The van der Waals surface area contributed by atoms with Gasteiger partial charge in [0.1, 0.15) is 18.0 Å². The molecule has 2 aromatic rings. The van der Waals surface area contributed by atoms with Gasteiger partial charge in [0, 0.05) is 18.3 Å². The first-order valence-electron chi connectivity index (χ1n) is 7.15. The fraction of sp³-hybridized carbons (Fsp3) is 0.312. The van der Waals surface area contributed by atoms with Gasteiger partial charge in [-0.3, -0.25) is 0 Å². The van der Waals surface area contributed by atoms with E-state index in [1.54, 1.807) is 12.1 Å². The average molecular weight is 281 g/mol. The van der Waals surface area contributed by atoms with Gasteiger partial charge < -0.3 is 10.6 Å². The van der Waals surface area contributed by atoms with Crippen molar-refractivity contribution >= 4 is 17.3 Å². The van der Waals surface area contributed by atoms with Crippen LogP contribution in [0.15, 0.2) is 36.7 Å². The van der Waals surface area contributed by atoms with Gasteiger partial charge in [-0.05, 0) is 30.7 Å². The Hall–Kier alpha value is -2.61. The fourth-order valence-corrected chi connectivity index (χ4v) is 1.89. The lowest BCUT2D eigenvalue weighted by atomic mass is 10.2. The molecule has 0 fully saturated rings. The summed E-state index contributed by atoms with van der Waals surface area (Å²) in [5.41, 5.74) is 1.53. The summed E-state index contributed by atoms with van der Waals surface area (Å²) in [5, 5.41) is 15.3. The van der Waals surface area contributed by atoms with Gasteiger partial charge >= 0.3 is 0 Å². The number of anilines is 3. The van der Waals surface area contributed by atoms with Gasteiger partial charge in [0.25, 0.3) is 0 Å². The molecule has 0 radical (unpaired) electrons. The second-order valence-corrected chi connectivity index (χ2v) is 4.74. The van der Waals surface area contributed by atoms with Gasteiger partial charge in [0.2, 0.25) is 0 Å². The molecule has 1 heterocycles. The molecule has 0 atom stereocenters. The minimum Gasteiger partial charge on any atom is -0.370 e. The number of nitriles is 1. The van der Waals surface area contributed by atoms with Crippen LogP contribution in [0.25, 0.3) is 0 Å². The largest absolute Gasteiger partial charge is 0.370 e. The number of unbranched alkanes of at least 4 members (excludes halogenated alkanes) is 2. The molecule has 0 spiro atoms. The molecule has 0 aliphatic carbocycles. The van der Waals surface area contributed by atoms with Gasteiger partial charge in [0.15, 0.2) is 0 Å². The Labute approximate surface area is 125 Å². The Balaban J connectivity index is 1.95. The molecule has 1 aromatic heterocycles. The molecule has 0 saturated carbocycles. The first kappa shape index (κ1) is 14.8. The molecule has 0 aliphatic rings. The van der Waals surface area contributed by atoms with Crippen LogP contribution in [0.3, 0.4) is 0 Å². The Morgan fingerprint density at radius 3 is 2.57 bits per heavy atom. The summed E-state index contributed by atoms with van der Waals surface area (Å²) in [4.78, 5) is 8.40. The third kappa shape index (κ3) is 4.77. The minimum atomic E-state index is 0.640. The van der Waals surface area contributed by atoms with Crippen LogP contribution in [0.1, 0.15) is 31.7 Å². The van der Waals surface area contributed by atoms with Crippen LogP contribution in [0, 0.1) is 11.3 Å². The highest BCUT2D eigenvalue weighted by Gasteiger charge is 2.00. The number of hydrogen-bond acceptors (Lipinski definition) is 5. The van der Waals surface area contributed by atoms with Crippen LogP contribution >= 0.6 is 0 Å². The SMILES string of the molecule is CCCCCNc1cc(Nc2ccc(C#N)cc2)ncn1. The van der Waals surface area contributed by atoms with Gasteiger partial charge in [-0.1, -0.05) is 19.8 Å². The Bertz CT molecular complexity index is 601. The number of nitrogens with zero attached hydrogens (tertiary/aromatic N) is 3. The zero-order valence-corrected chi connectivity index (χ0v) is 12.1. The van der Waals surface area contributed by atoms with Crippen molar-refractivity contribution in [3.8, 4) is 6.07 Å². The number of rotatable bonds is 7. The van der Waals surface area contributed by atoms with Crippen molar-refractivity contribution in [3.63, 3.8) is 0 Å². The third-order valence-electron chi connectivity index (χ3n) is 3.04. The first-order chi connectivity index (χ1) is 10.3. The van der Waals surface area contributed by atoms with Crippen LogP contribution in [0.4, 0.5) is 17.3 Å². The molecule has 0 aliphatic heterocycles. The second kappa shape index (κ2) is 7.85. The smallest absolute Gasteiger partial charge is 0.135 e. The highest BCUT2D eigenvalue weighted by atomic mass is 15.1. The highest BCUT2D eigenvalue weighted by molar-refractivity contribution is 5.59. The normalized spacial score (nSPS) is 9.90. The zero-order chi connectivity index (χ0) is 14.9. The van der Waals surface area contributed by atoms with Crippen LogP contribution in [0.2, 0.25) is 0 Å². The topological polar surface area (TPSA) is 73.6 Å². The Morgan fingerprint density at radius 2 is 1.86 bits per heavy atom. The maximum Gasteiger partial charge on any atom is 0.135 e. The van der Waals surface area contributed by atoms with Crippen molar-refractivity contribution in [2.45, 2.75) is 26.2 Å². The molecule has 21 heavy (non-hydrogen) atoms.